The molecular formula is C11H19N3O2. The van der Waals surface area contributed by atoms with Gasteiger partial charge in [0.1, 0.15) is 17.4 Å². The first-order valence-electron chi connectivity index (χ1n) is 5.47. The van der Waals surface area contributed by atoms with Crippen LogP contribution in [-0.4, -0.2) is 23.7 Å². The second-order valence-corrected chi connectivity index (χ2v) is 3.94. The average molecular weight is 225 g/mol. The lowest BCUT2D eigenvalue weighted by molar-refractivity contribution is -0.118. The molecule has 1 unspecified atom stereocenters. The summed E-state index contributed by atoms with van der Waals surface area (Å²) >= 11 is 0. The largest absolute Gasteiger partial charge is 0.368 e. The Labute approximate surface area is 95.6 Å². The van der Waals surface area contributed by atoms with Crippen molar-refractivity contribution in [3.05, 3.63) is 11.5 Å². The summed E-state index contributed by atoms with van der Waals surface area (Å²) in [5, 5.41) is 3.89. The number of rotatable bonds is 5. The summed E-state index contributed by atoms with van der Waals surface area (Å²) < 4.78 is 5.11. The first-order chi connectivity index (χ1) is 7.49. The van der Waals surface area contributed by atoms with Gasteiger partial charge in [-0.2, -0.15) is 0 Å². The Morgan fingerprint density at radius 1 is 1.56 bits per heavy atom. The van der Waals surface area contributed by atoms with Crippen molar-refractivity contribution in [3.8, 4) is 0 Å². The zero-order chi connectivity index (χ0) is 12.3. The Bertz CT molecular complexity index is 354. The van der Waals surface area contributed by atoms with Crippen LogP contribution in [0.2, 0.25) is 0 Å². The Balaban J connectivity index is 3.07. The highest BCUT2D eigenvalue weighted by molar-refractivity contribution is 5.83. The van der Waals surface area contributed by atoms with E-state index in [0.29, 0.717) is 0 Å². The van der Waals surface area contributed by atoms with Crippen LogP contribution in [0.4, 0.5) is 5.69 Å². The van der Waals surface area contributed by atoms with Gasteiger partial charge >= 0.3 is 0 Å². The van der Waals surface area contributed by atoms with E-state index in [1.54, 1.807) is 6.92 Å². The van der Waals surface area contributed by atoms with Crippen molar-refractivity contribution in [3.63, 3.8) is 0 Å². The van der Waals surface area contributed by atoms with Crippen LogP contribution in [0.25, 0.3) is 0 Å². The van der Waals surface area contributed by atoms with Crippen molar-refractivity contribution < 1.29 is 9.32 Å². The number of nitrogens with zero attached hydrogens (tertiary/aromatic N) is 2. The highest BCUT2D eigenvalue weighted by atomic mass is 16.5. The fraction of sp³-hybridized carbons (Fsp3) is 0.636. The fourth-order valence-corrected chi connectivity index (χ4v) is 1.78. The van der Waals surface area contributed by atoms with E-state index in [1.165, 1.54) is 0 Å². The molecule has 1 aromatic rings. The van der Waals surface area contributed by atoms with E-state index in [4.69, 9.17) is 10.3 Å². The summed E-state index contributed by atoms with van der Waals surface area (Å²) in [5.41, 5.74) is 7.02. The molecule has 0 fully saturated rings. The van der Waals surface area contributed by atoms with E-state index < -0.39 is 0 Å². The third kappa shape index (κ3) is 2.35. The number of carbonyl (C=O) groups is 1. The van der Waals surface area contributed by atoms with Crippen LogP contribution in [0.15, 0.2) is 4.52 Å². The molecule has 16 heavy (non-hydrogen) atoms. The number of amides is 1. The topological polar surface area (TPSA) is 72.4 Å². The number of nitrogens with two attached hydrogens (primary N) is 1. The van der Waals surface area contributed by atoms with Crippen LogP contribution in [0.3, 0.4) is 0 Å². The molecule has 5 heteroatoms. The zero-order valence-electron chi connectivity index (χ0n) is 10.3. The van der Waals surface area contributed by atoms with Crippen molar-refractivity contribution in [2.75, 3.05) is 11.4 Å². The molecule has 0 bridgehead atoms. The van der Waals surface area contributed by atoms with Crippen LogP contribution in [-0.2, 0) is 4.79 Å². The van der Waals surface area contributed by atoms with Crippen molar-refractivity contribution in [2.24, 2.45) is 5.73 Å². The van der Waals surface area contributed by atoms with Crippen LogP contribution in [0.5, 0.6) is 0 Å². The number of aromatic nitrogens is 1. The highest BCUT2D eigenvalue weighted by Crippen LogP contribution is 2.26. The van der Waals surface area contributed by atoms with Gasteiger partial charge in [-0.25, -0.2) is 0 Å². The van der Waals surface area contributed by atoms with Gasteiger partial charge in [-0.15, -0.1) is 0 Å². The molecule has 1 heterocycles. The maximum atomic E-state index is 11.3. The summed E-state index contributed by atoms with van der Waals surface area (Å²) in [6.07, 6.45) is 0.932. The summed E-state index contributed by atoms with van der Waals surface area (Å²) in [7, 11) is 0. The van der Waals surface area contributed by atoms with Gasteiger partial charge in [0.15, 0.2) is 5.76 Å². The van der Waals surface area contributed by atoms with Crippen LogP contribution >= 0.6 is 0 Å². The van der Waals surface area contributed by atoms with E-state index in [0.717, 1.165) is 30.1 Å². The maximum absolute atomic E-state index is 11.3. The van der Waals surface area contributed by atoms with E-state index in [-0.39, 0.29) is 11.9 Å². The normalized spacial score (nSPS) is 12.5. The van der Waals surface area contributed by atoms with Crippen molar-refractivity contribution in [1.29, 1.82) is 0 Å². The molecular weight excluding hydrogens is 206 g/mol. The van der Waals surface area contributed by atoms with Crippen LogP contribution < -0.4 is 10.6 Å². The van der Waals surface area contributed by atoms with E-state index >= 15 is 0 Å². The minimum Gasteiger partial charge on any atom is -0.368 e. The molecule has 0 radical (unpaired) electrons. The van der Waals surface area contributed by atoms with Crippen LogP contribution in [0.1, 0.15) is 31.7 Å². The maximum Gasteiger partial charge on any atom is 0.239 e. The predicted octanol–water partition coefficient (Wildman–Crippen LogP) is 1.38. The minimum absolute atomic E-state index is 0.339. The molecule has 0 aliphatic heterocycles. The smallest absolute Gasteiger partial charge is 0.239 e. The number of hydrogen-bond donors (Lipinski definition) is 1. The van der Waals surface area contributed by atoms with Gasteiger partial charge in [-0.1, -0.05) is 12.1 Å². The molecule has 0 aliphatic rings. The lowest BCUT2D eigenvalue weighted by Gasteiger charge is -2.28. The molecule has 0 aliphatic carbocycles. The Morgan fingerprint density at radius 2 is 2.19 bits per heavy atom. The lowest BCUT2D eigenvalue weighted by atomic mass is 10.2. The van der Waals surface area contributed by atoms with Gasteiger partial charge in [-0.05, 0) is 27.2 Å². The van der Waals surface area contributed by atoms with Gasteiger partial charge in [-0.3, -0.25) is 4.79 Å². The second kappa shape index (κ2) is 5.01. The van der Waals surface area contributed by atoms with Gasteiger partial charge in [0.2, 0.25) is 5.91 Å². The van der Waals surface area contributed by atoms with Gasteiger partial charge in [0.05, 0.1) is 0 Å². The molecule has 0 saturated heterocycles. The molecule has 1 aromatic heterocycles. The molecule has 0 saturated carbocycles. The van der Waals surface area contributed by atoms with Gasteiger partial charge < -0.3 is 15.2 Å². The molecule has 0 aromatic carbocycles. The predicted molar refractivity (Wildman–Crippen MR) is 62.3 cm³/mol. The molecule has 2 N–H and O–H groups in total. The molecule has 90 valence electrons. The molecule has 5 nitrogen and oxygen atoms in total. The number of carbonyl (C=O) groups excluding carboxylic acids is 1. The van der Waals surface area contributed by atoms with Crippen molar-refractivity contribution >= 4 is 11.6 Å². The molecule has 1 rings (SSSR count). The van der Waals surface area contributed by atoms with Crippen molar-refractivity contribution in [1.82, 2.24) is 5.16 Å². The average Bonchev–Trinajstić information content (AvgIpc) is 2.55. The van der Waals surface area contributed by atoms with Gasteiger partial charge in [0.25, 0.3) is 0 Å². The van der Waals surface area contributed by atoms with Gasteiger partial charge in [0, 0.05) is 6.54 Å². The third-order valence-electron chi connectivity index (χ3n) is 2.63. The summed E-state index contributed by atoms with van der Waals surface area (Å²) in [4.78, 5) is 13.2. The monoisotopic (exact) mass is 225 g/mol. The molecule has 1 amide bonds. The molecule has 1 atom stereocenters. The summed E-state index contributed by atoms with van der Waals surface area (Å²) in [6, 6.07) is -0.350. The summed E-state index contributed by atoms with van der Waals surface area (Å²) in [6.45, 7) is 8.31. The summed E-state index contributed by atoms with van der Waals surface area (Å²) in [5.74, 6) is 0.382. The number of aryl methyl sites for hydroxylation is 2. The fourth-order valence-electron chi connectivity index (χ4n) is 1.78. The zero-order valence-corrected chi connectivity index (χ0v) is 10.3. The quantitative estimate of drug-likeness (QED) is 0.821. The first-order valence-corrected chi connectivity index (χ1v) is 5.47. The minimum atomic E-state index is -0.350. The Kier molecular flexibility index (Phi) is 3.93. The van der Waals surface area contributed by atoms with E-state index in [2.05, 4.69) is 12.1 Å². The lowest BCUT2D eigenvalue weighted by Crippen LogP contribution is -2.43. The standard InChI is InChI=1S/C11H19N3O2/c1-5-6-14(8(3)11(12)15)10-7(2)13-16-9(10)4/h8H,5-6H2,1-4H3,(H2,12,15). The molecule has 0 spiro atoms. The van der Waals surface area contributed by atoms with E-state index in [1.807, 2.05) is 18.7 Å². The third-order valence-corrected chi connectivity index (χ3v) is 2.63. The SMILES string of the molecule is CCCN(c1c(C)noc1C)C(C)C(N)=O. The van der Waals surface area contributed by atoms with Crippen LogP contribution in [0, 0.1) is 13.8 Å². The number of primary amides is 1. The Hall–Kier alpha value is -1.52. The van der Waals surface area contributed by atoms with Crippen molar-refractivity contribution in [2.45, 2.75) is 40.2 Å². The number of hydrogen-bond acceptors (Lipinski definition) is 4. The first kappa shape index (κ1) is 12.5. The Morgan fingerprint density at radius 3 is 2.56 bits per heavy atom. The second-order valence-electron chi connectivity index (χ2n) is 3.94. The number of anilines is 1. The van der Waals surface area contributed by atoms with E-state index in [9.17, 15) is 4.79 Å². The highest BCUT2D eigenvalue weighted by Gasteiger charge is 2.24.